The van der Waals surface area contributed by atoms with Gasteiger partial charge in [0.15, 0.2) is 0 Å². The van der Waals surface area contributed by atoms with Gasteiger partial charge in [-0.2, -0.15) is 0 Å². The van der Waals surface area contributed by atoms with Gasteiger partial charge in [-0.25, -0.2) is 9.78 Å². The van der Waals surface area contributed by atoms with E-state index in [1.54, 1.807) is 12.1 Å². The Balaban J connectivity index is 1.65. The van der Waals surface area contributed by atoms with Crippen molar-refractivity contribution in [3.63, 3.8) is 0 Å². The molecule has 1 amide bonds. The van der Waals surface area contributed by atoms with Crippen LogP contribution in [0.15, 0.2) is 42.6 Å². The first-order chi connectivity index (χ1) is 10.7. The van der Waals surface area contributed by atoms with Crippen molar-refractivity contribution in [1.29, 1.82) is 0 Å². The summed E-state index contributed by atoms with van der Waals surface area (Å²) in [4.78, 5) is 18.5. The number of nitrogens with one attached hydrogen (secondary N) is 1. The quantitative estimate of drug-likeness (QED) is 0.940. The summed E-state index contributed by atoms with van der Waals surface area (Å²) < 4.78 is 5.19. The zero-order chi connectivity index (χ0) is 15.4. The van der Waals surface area contributed by atoms with E-state index < -0.39 is 6.09 Å². The number of carbonyl (C=O) groups is 1. The summed E-state index contributed by atoms with van der Waals surface area (Å²) in [6.45, 7) is 4.18. The Labute approximate surface area is 129 Å². The zero-order valence-electron chi connectivity index (χ0n) is 12.6. The summed E-state index contributed by atoms with van der Waals surface area (Å²) in [5, 5.41) is 2.66. The van der Waals surface area contributed by atoms with Crippen LogP contribution in [0, 0.1) is 6.92 Å². The molecule has 0 unspecified atom stereocenters. The van der Waals surface area contributed by atoms with Crippen LogP contribution >= 0.6 is 0 Å². The fourth-order valence-corrected chi connectivity index (χ4v) is 2.63. The lowest BCUT2D eigenvalue weighted by atomic mass is 10.2. The number of aromatic nitrogens is 1. The van der Waals surface area contributed by atoms with Crippen LogP contribution in [0.5, 0.6) is 5.75 Å². The second kappa shape index (κ2) is 6.47. The third-order valence-corrected chi connectivity index (χ3v) is 3.71. The van der Waals surface area contributed by atoms with Crippen molar-refractivity contribution in [2.75, 3.05) is 23.3 Å². The minimum absolute atomic E-state index is 0.501. The van der Waals surface area contributed by atoms with Crippen molar-refractivity contribution in [1.82, 2.24) is 4.98 Å². The van der Waals surface area contributed by atoms with Gasteiger partial charge in [0.05, 0.1) is 11.9 Å². The molecule has 1 N–H and O–H groups in total. The minimum atomic E-state index is -0.535. The Morgan fingerprint density at radius 3 is 2.64 bits per heavy atom. The minimum Gasteiger partial charge on any atom is -0.410 e. The fraction of sp³-hybridized carbons (Fsp3) is 0.294. The lowest BCUT2D eigenvalue weighted by Gasteiger charge is -2.20. The Bertz CT molecular complexity index is 652. The third-order valence-electron chi connectivity index (χ3n) is 3.71. The predicted octanol–water partition coefficient (Wildman–Crippen LogP) is 3.60. The smallest absolute Gasteiger partial charge is 0.410 e. The molecule has 114 valence electrons. The number of benzene rings is 1. The molecule has 0 radical (unpaired) electrons. The van der Waals surface area contributed by atoms with Crippen LogP contribution in [0.25, 0.3) is 0 Å². The van der Waals surface area contributed by atoms with E-state index in [0.29, 0.717) is 11.6 Å². The van der Waals surface area contributed by atoms with Gasteiger partial charge in [-0.05, 0) is 43.5 Å². The Kier molecular flexibility index (Phi) is 4.23. The van der Waals surface area contributed by atoms with Gasteiger partial charge in [-0.1, -0.05) is 18.2 Å². The van der Waals surface area contributed by atoms with Crippen LogP contribution < -0.4 is 15.0 Å². The van der Waals surface area contributed by atoms with Gasteiger partial charge in [0, 0.05) is 13.1 Å². The normalized spacial score (nSPS) is 14.0. The molecule has 1 aromatic heterocycles. The van der Waals surface area contributed by atoms with E-state index in [1.807, 2.05) is 37.4 Å². The van der Waals surface area contributed by atoms with Gasteiger partial charge >= 0.3 is 6.09 Å². The van der Waals surface area contributed by atoms with Gasteiger partial charge in [0.1, 0.15) is 11.6 Å². The molecule has 0 aliphatic carbocycles. The van der Waals surface area contributed by atoms with Crippen LogP contribution in [0.1, 0.15) is 18.4 Å². The Morgan fingerprint density at radius 2 is 1.95 bits per heavy atom. The molecule has 3 rings (SSSR count). The van der Waals surface area contributed by atoms with Gasteiger partial charge in [-0.3, -0.25) is 5.32 Å². The molecule has 22 heavy (non-hydrogen) atoms. The molecule has 1 fully saturated rings. The van der Waals surface area contributed by atoms with Crippen LogP contribution in [0.4, 0.5) is 16.3 Å². The van der Waals surface area contributed by atoms with Gasteiger partial charge in [0.2, 0.25) is 0 Å². The summed E-state index contributed by atoms with van der Waals surface area (Å²) in [5.41, 5.74) is 2.24. The molecule has 0 bridgehead atoms. The van der Waals surface area contributed by atoms with Crippen LogP contribution in [-0.4, -0.2) is 24.2 Å². The van der Waals surface area contributed by atoms with E-state index in [-0.39, 0.29) is 0 Å². The van der Waals surface area contributed by atoms with E-state index in [2.05, 4.69) is 15.2 Å². The molecule has 5 heteroatoms. The van der Waals surface area contributed by atoms with Crippen molar-refractivity contribution < 1.29 is 9.53 Å². The van der Waals surface area contributed by atoms with Crippen molar-refractivity contribution in [2.45, 2.75) is 19.8 Å². The predicted molar refractivity (Wildman–Crippen MR) is 86.5 cm³/mol. The number of hydrogen-bond donors (Lipinski definition) is 1. The Morgan fingerprint density at radius 1 is 1.23 bits per heavy atom. The second-order valence-corrected chi connectivity index (χ2v) is 5.38. The van der Waals surface area contributed by atoms with Gasteiger partial charge < -0.3 is 9.64 Å². The maximum Gasteiger partial charge on any atom is 0.418 e. The van der Waals surface area contributed by atoms with Crippen LogP contribution in [0.3, 0.4) is 0 Å². The average Bonchev–Trinajstić information content (AvgIpc) is 3.02. The van der Waals surface area contributed by atoms with E-state index in [1.165, 1.54) is 12.8 Å². The molecule has 1 saturated heterocycles. The molecule has 2 aromatic rings. The van der Waals surface area contributed by atoms with Crippen molar-refractivity contribution in [2.24, 2.45) is 0 Å². The number of hydrogen-bond acceptors (Lipinski definition) is 4. The fourth-order valence-electron chi connectivity index (χ4n) is 2.63. The summed E-state index contributed by atoms with van der Waals surface area (Å²) in [6.07, 6.45) is 3.73. The van der Waals surface area contributed by atoms with Crippen molar-refractivity contribution >= 4 is 17.6 Å². The first-order valence-corrected chi connectivity index (χ1v) is 7.48. The number of ether oxygens (including phenoxy) is 1. The summed E-state index contributed by atoms with van der Waals surface area (Å²) in [6, 6.07) is 10.8. The zero-order valence-corrected chi connectivity index (χ0v) is 12.6. The van der Waals surface area contributed by atoms with Gasteiger partial charge in [-0.15, -0.1) is 0 Å². The molecular formula is C17H19N3O2. The number of amides is 1. The second-order valence-electron chi connectivity index (χ2n) is 5.38. The van der Waals surface area contributed by atoms with E-state index in [9.17, 15) is 4.79 Å². The molecular weight excluding hydrogens is 278 g/mol. The van der Waals surface area contributed by atoms with E-state index in [4.69, 9.17) is 4.74 Å². The summed E-state index contributed by atoms with van der Waals surface area (Å²) in [7, 11) is 0. The maximum absolute atomic E-state index is 11.9. The van der Waals surface area contributed by atoms with Crippen molar-refractivity contribution in [3.05, 3.63) is 48.2 Å². The first kappa shape index (κ1) is 14.4. The monoisotopic (exact) mass is 297 g/mol. The molecule has 0 atom stereocenters. The molecule has 1 aliphatic heterocycles. The number of para-hydroxylation sites is 1. The SMILES string of the molecule is Cc1cc(NC(=O)Oc2ccccc2)ncc1N1CCCC1. The number of carbonyl (C=O) groups excluding carboxylic acids is 1. The van der Waals surface area contributed by atoms with Crippen LogP contribution in [-0.2, 0) is 0 Å². The molecule has 1 aromatic carbocycles. The summed E-state index contributed by atoms with van der Waals surface area (Å²) in [5.74, 6) is 1.01. The third kappa shape index (κ3) is 3.36. The van der Waals surface area contributed by atoms with Gasteiger partial charge in [0.25, 0.3) is 0 Å². The number of nitrogens with zero attached hydrogens (tertiary/aromatic N) is 2. The highest BCUT2D eigenvalue weighted by molar-refractivity contribution is 5.85. The maximum atomic E-state index is 11.9. The lowest BCUT2D eigenvalue weighted by Crippen LogP contribution is -2.20. The van der Waals surface area contributed by atoms with Crippen LogP contribution in [0.2, 0.25) is 0 Å². The topological polar surface area (TPSA) is 54.5 Å². The lowest BCUT2D eigenvalue weighted by molar-refractivity contribution is 0.215. The molecule has 2 heterocycles. The molecule has 0 spiro atoms. The number of aryl methyl sites for hydroxylation is 1. The highest BCUT2D eigenvalue weighted by Crippen LogP contribution is 2.25. The molecule has 1 aliphatic rings. The largest absolute Gasteiger partial charge is 0.418 e. The Hall–Kier alpha value is -2.56. The average molecular weight is 297 g/mol. The molecule has 5 nitrogen and oxygen atoms in total. The van der Waals surface area contributed by atoms with E-state index in [0.717, 1.165) is 24.3 Å². The number of anilines is 2. The number of rotatable bonds is 3. The first-order valence-electron chi connectivity index (χ1n) is 7.48. The van der Waals surface area contributed by atoms with Crippen molar-refractivity contribution in [3.8, 4) is 5.75 Å². The highest BCUT2D eigenvalue weighted by atomic mass is 16.6. The number of pyridine rings is 1. The van der Waals surface area contributed by atoms with E-state index >= 15 is 0 Å². The highest BCUT2D eigenvalue weighted by Gasteiger charge is 2.15. The summed E-state index contributed by atoms with van der Waals surface area (Å²) >= 11 is 0. The standard InChI is InChI=1S/C17H19N3O2/c1-13-11-16(18-12-15(13)20-9-5-6-10-20)19-17(21)22-14-7-3-2-4-8-14/h2-4,7-8,11-12H,5-6,9-10H2,1H3,(H,18,19,21). The molecule has 0 saturated carbocycles.